The zero-order valence-corrected chi connectivity index (χ0v) is 16.0. The highest BCUT2D eigenvalue weighted by atomic mass is 16.1. The molecule has 1 fully saturated rings. The summed E-state index contributed by atoms with van der Waals surface area (Å²) in [5.74, 6) is 0. The van der Waals surface area contributed by atoms with Gasteiger partial charge in [0.2, 0.25) is 0 Å². The number of hydrogen-bond donors (Lipinski definition) is 1. The first-order valence-corrected chi connectivity index (χ1v) is 9.52. The molecule has 0 amide bonds. The molecule has 5 rings (SSSR count). The van der Waals surface area contributed by atoms with Crippen LogP contribution in [0.3, 0.4) is 0 Å². The largest absolute Gasteiger partial charge is 0.368 e. The molecular weight excluding hydrogens is 352 g/mol. The van der Waals surface area contributed by atoms with Gasteiger partial charge in [-0.15, -0.1) is 0 Å². The Labute approximate surface area is 162 Å². The van der Waals surface area contributed by atoms with E-state index in [0.717, 1.165) is 41.8 Å². The highest BCUT2D eigenvalue weighted by Gasteiger charge is 2.17. The molecule has 0 saturated carbocycles. The number of nitrogens with one attached hydrogen (secondary N) is 1. The molecule has 1 unspecified atom stereocenters. The number of hydrogen-bond acceptors (Lipinski definition) is 5. The van der Waals surface area contributed by atoms with E-state index in [1.54, 1.807) is 10.5 Å². The Morgan fingerprint density at radius 1 is 1.18 bits per heavy atom. The molecule has 1 aliphatic heterocycles. The summed E-state index contributed by atoms with van der Waals surface area (Å²) in [6.45, 7) is 4.98. The van der Waals surface area contributed by atoms with E-state index in [2.05, 4.69) is 22.2 Å². The summed E-state index contributed by atoms with van der Waals surface area (Å²) < 4.78 is 3.47. The first-order chi connectivity index (χ1) is 13.6. The molecule has 0 radical (unpaired) electrons. The summed E-state index contributed by atoms with van der Waals surface area (Å²) in [5, 5.41) is 8.75. The fourth-order valence-corrected chi connectivity index (χ4v) is 3.92. The van der Waals surface area contributed by atoms with E-state index >= 15 is 0 Å². The summed E-state index contributed by atoms with van der Waals surface area (Å²) in [5.41, 5.74) is 4.28. The van der Waals surface area contributed by atoms with Crippen LogP contribution in [0.1, 0.15) is 6.92 Å². The van der Waals surface area contributed by atoms with Gasteiger partial charge in [0, 0.05) is 55.9 Å². The topological polar surface area (TPSA) is 67.5 Å². The molecule has 28 heavy (non-hydrogen) atoms. The summed E-state index contributed by atoms with van der Waals surface area (Å²) >= 11 is 0. The number of rotatable bonds is 2. The third-order valence-corrected chi connectivity index (χ3v) is 5.42. The molecule has 142 valence electrons. The van der Waals surface area contributed by atoms with Crippen molar-refractivity contribution < 1.29 is 0 Å². The maximum atomic E-state index is 12.8. The van der Waals surface area contributed by atoms with Gasteiger partial charge in [-0.1, -0.05) is 6.07 Å². The van der Waals surface area contributed by atoms with Gasteiger partial charge < -0.3 is 10.2 Å². The summed E-state index contributed by atoms with van der Waals surface area (Å²) in [6.07, 6.45) is 3.73. The highest BCUT2D eigenvalue weighted by Crippen LogP contribution is 2.23. The Hall–Kier alpha value is -3.19. The summed E-state index contributed by atoms with van der Waals surface area (Å²) in [4.78, 5) is 19.8. The number of fused-ring (bicyclic) bond motifs is 2. The average Bonchev–Trinajstić information content (AvgIpc) is 3.08. The SMILES string of the molecule is CC1CN(c2ccc3nc(-c4ccc5c(cnn5C)c4)cc(=O)n3c2)CCN1. The molecule has 0 bridgehead atoms. The van der Waals surface area contributed by atoms with E-state index in [1.165, 1.54) is 0 Å². The Balaban J connectivity index is 1.56. The van der Waals surface area contributed by atoms with Gasteiger partial charge in [0.25, 0.3) is 5.56 Å². The first kappa shape index (κ1) is 16.9. The van der Waals surface area contributed by atoms with Crippen LogP contribution in [-0.4, -0.2) is 44.8 Å². The Bertz CT molecular complexity index is 1240. The van der Waals surface area contributed by atoms with Gasteiger partial charge in [-0.2, -0.15) is 5.10 Å². The van der Waals surface area contributed by atoms with Crippen molar-refractivity contribution in [2.75, 3.05) is 24.5 Å². The number of pyridine rings is 1. The summed E-state index contributed by atoms with van der Waals surface area (Å²) in [6, 6.07) is 12.0. The van der Waals surface area contributed by atoms with Crippen molar-refractivity contribution in [3.8, 4) is 11.3 Å². The van der Waals surface area contributed by atoms with E-state index in [0.29, 0.717) is 17.4 Å². The van der Waals surface area contributed by atoms with Gasteiger partial charge in [0.15, 0.2) is 0 Å². The zero-order chi connectivity index (χ0) is 19.3. The lowest BCUT2D eigenvalue weighted by Crippen LogP contribution is -2.49. The first-order valence-electron chi connectivity index (χ1n) is 9.52. The van der Waals surface area contributed by atoms with Crippen LogP contribution in [0.25, 0.3) is 27.8 Å². The van der Waals surface area contributed by atoms with Gasteiger partial charge in [-0.05, 0) is 31.2 Å². The predicted molar refractivity (Wildman–Crippen MR) is 111 cm³/mol. The number of nitrogens with zero attached hydrogens (tertiary/aromatic N) is 5. The Morgan fingerprint density at radius 2 is 2.07 bits per heavy atom. The van der Waals surface area contributed by atoms with Crippen molar-refractivity contribution in [3.05, 3.63) is 59.1 Å². The minimum Gasteiger partial charge on any atom is -0.368 e. The minimum atomic E-state index is -0.0729. The van der Waals surface area contributed by atoms with Gasteiger partial charge in [-0.3, -0.25) is 13.9 Å². The molecule has 1 aliphatic rings. The van der Waals surface area contributed by atoms with E-state index < -0.39 is 0 Å². The molecule has 1 saturated heterocycles. The second kappa shape index (κ2) is 6.45. The molecule has 0 spiro atoms. The predicted octanol–water partition coefficient (Wildman–Crippen LogP) is 2.05. The molecule has 3 aromatic heterocycles. The number of aryl methyl sites for hydroxylation is 1. The van der Waals surface area contributed by atoms with E-state index in [9.17, 15) is 4.79 Å². The third-order valence-electron chi connectivity index (χ3n) is 5.42. The van der Waals surface area contributed by atoms with Gasteiger partial charge >= 0.3 is 0 Å². The minimum absolute atomic E-state index is 0.0729. The van der Waals surface area contributed by atoms with Crippen molar-refractivity contribution >= 4 is 22.2 Å². The molecule has 1 atom stereocenters. The average molecular weight is 374 g/mol. The van der Waals surface area contributed by atoms with E-state index in [4.69, 9.17) is 4.98 Å². The van der Waals surface area contributed by atoms with Crippen LogP contribution in [0.2, 0.25) is 0 Å². The second-order valence-electron chi connectivity index (χ2n) is 7.44. The highest BCUT2D eigenvalue weighted by molar-refractivity contribution is 5.84. The van der Waals surface area contributed by atoms with Crippen molar-refractivity contribution in [1.29, 1.82) is 0 Å². The molecular formula is C21H22N6O. The molecule has 0 aliphatic carbocycles. The molecule has 7 nitrogen and oxygen atoms in total. The molecule has 1 N–H and O–H groups in total. The second-order valence-corrected chi connectivity index (χ2v) is 7.44. The van der Waals surface area contributed by atoms with Crippen molar-refractivity contribution in [1.82, 2.24) is 24.5 Å². The van der Waals surface area contributed by atoms with Gasteiger partial charge in [0.05, 0.1) is 23.1 Å². The number of anilines is 1. The lowest BCUT2D eigenvalue weighted by molar-refractivity contribution is 0.484. The summed E-state index contributed by atoms with van der Waals surface area (Å²) in [7, 11) is 1.92. The number of benzene rings is 1. The number of aromatic nitrogens is 4. The third kappa shape index (κ3) is 2.84. The fourth-order valence-electron chi connectivity index (χ4n) is 3.92. The van der Waals surface area contributed by atoms with Crippen molar-refractivity contribution in [3.63, 3.8) is 0 Å². The normalized spacial score (nSPS) is 17.5. The van der Waals surface area contributed by atoms with Gasteiger partial charge in [-0.25, -0.2) is 4.98 Å². The molecule has 4 aromatic rings. The van der Waals surface area contributed by atoms with Crippen LogP contribution in [-0.2, 0) is 7.05 Å². The van der Waals surface area contributed by atoms with E-state index in [1.807, 2.05) is 54.5 Å². The maximum absolute atomic E-state index is 12.8. The Morgan fingerprint density at radius 3 is 2.93 bits per heavy atom. The lowest BCUT2D eigenvalue weighted by Gasteiger charge is -2.33. The smallest absolute Gasteiger partial charge is 0.258 e. The van der Waals surface area contributed by atoms with Crippen LogP contribution in [0.5, 0.6) is 0 Å². The molecule has 1 aromatic carbocycles. The van der Waals surface area contributed by atoms with Crippen molar-refractivity contribution in [2.45, 2.75) is 13.0 Å². The van der Waals surface area contributed by atoms with Crippen LogP contribution >= 0.6 is 0 Å². The molecule has 4 heterocycles. The molecule has 7 heteroatoms. The lowest BCUT2D eigenvalue weighted by atomic mass is 10.1. The van der Waals surface area contributed by atoms with Crippen LogP contribution in [0.15, 0.2) is 53.6 Å². The maximum Gasteiger partial charge on any atom is 0.258 e. The van der Waals surface area contributed by atoms with Crippen LogP contribution < -0.4 is 15.8 Å². The van der Waals surface area contributed by atoms with Gasteiger partial charge in [0.1, 0.15) is 5.65 Å². The number of piperazine rings is 1. The van der Waals surface area contributed by atoms with Crippen LogP contribution in [0, 0.1) is 0 Å². The quantitative estimate of drug-likeness (QED) is 0.582. The monoisotopic (exact) mass is 374 g/mol. The standard InChI is InChI=1S/C21H22N6O/c1-14-12-26(8-7-22-14)17-4-6-20-24-18(10-21(28)27(20)13-17)15-3-5-19-16(9-15)11-23-25(19)2/h3-6,9-11,13-14,22H,7-8,12H2,1-2H3. The fraction of sp³-hybridized carbons (Fsp3) is 0.286. The van der Waals surface area contributed by atoms with E-state index in [-0.39, 0.29) is 5.56 Å². The Kier molecular flexibility index (Phi) is 3.91. The zero-order valence-electron chi connectivity index (χ0n) is 16.0. The van der Waals surface area contributed by atoms with Crippen molar-refractivity contribution in [2.24, 2.45) is 7.05 Å². The van der Waals surface area contributed by atoms with Crippen LogP contribution in [0.4, 0.5) is 5.69 Å².